The van der Waals surface area contributed by atoms with Gasteiger partial charge in [0.15, 0.2) is 11.5 Å². The van der Waals surface area contributed by atoms with Crippen LogP contribution in [0, 0.1) is 0 Å². The Morgan fingerprint density at radius 2 is 1.75 bits per heavy atom. The molecule has 4 rings (SSSR count). The molecule has 0 saturated carbocycles. The van der Waals surface area contributed by atoms with Crippen LogP contribution in [0.2, 0.25) is 0 Å². The molecule has 1 atom stereocenters. The van der Waals surface area contributed by atoms with Crippen molar-refractivity contribution in [2.75, 3.05) is 13.9 Å². The Morgan fingerprint density at radius 1 is 1.00 bits per heavy atom. The standard InChI is InChI=1S/C26H25NO8S/c1-3-7-17-14-19(26(29)32-2)11-12-21(17)35-24(18-10-13-22-23(15-18)34-16-33-22)25(28)27-36(30,31)20-8-5-4-6-9-20/h4-6,8-15,24H,3,7,16H2,1-2H3,(H,27,28). The molecule has 0 aliphatic carbocycles. The summed E-state index contributed by atoms with van der Waals surface area (Å²) in [6, 6.07) is 17.1. The fourth-order valence-electron chi connectivity index (χ4n) is 3.72. The molecule has 1 aliphatic heterocycles. The number of benzene rings is 3. The van der Waals surface area contributed by atoms with Crippen molar-refractivity contribution in [1.82, 2.24) is 4.72 Å². The SMILES string of the molecule is CCCc1cc(C(=O)OC)ccc1OC(C(=O)NS(=O)(=O)c1ccccc1)c1ccc2c(c1)OCO2. The second-order valence-electron chi connectivity index (χ2n) is 7.96. The first kappa shape index (κ1) is 25.1. The van der Waals surface area contributed by atoms with Gasteiger partial charge in [0.05, 0.1) is 17.6 Å². The van der Waals surface area contributed by atoms with E-state index in [-0.39, 0.29) is 11.7 Å². The zero-order chi connectivity index (χ0) is 25.7. The van der Waals surface area contributed by atoms with E-state index < -0.39 is 28.0 Å². The van der Waals surface area contributed by atoms with E-state index >= 15 is 0 Å². The number of rotatable bonds is 9. The number of carbonyl (C=O) groups excluding carboxylic acids is 2. The molecule has 3 aromatic rings. The van der Waals surface area contributed by atoms with Gasteiger partial charge in [0, 0.05) is 5.56 Å². The van der Waals surface area contributed by atoms with Crippen molar-refractivity contribution in [2.45, 2.75) is 30.8 Å². The van der Waals surface area contributed by atoms with Crippen LogP contribution in [0.5, 0.6) is 17.2 Å². The lowest BCUT2D eigenvalue weighted by atomic mass is 10.0. The van der Waals surface area contributed by atoms with E-state index in [1.54, 1.807) is 48.5 Å². The van der Waals surface area contributed by atoms with Gasteiger partial charge in [-0.15, -0.1) is 0 Å². The third-order valence-electron chi connectivity index (χ3n) is 5.47. The quantitative estimate of drug-likeness (QED) is 0.432. The van der Waals surface area contributed by atoms with Crippen molar-refractivity contribution in [2.24, 2.45) is 0 Å². The molecule has 9 nitrogen and oxygen atoms in total. The summed E-state index contributed by atoms with van der Waals surface area (Å²) < 4.78 is 49.5. The van der Waals surface area contributed by atoms with Crippen molar-refractivity contribution in [3.8, 4) is 17.2 Å². The van der Waals surface area contributed by atoms with Crippen LogP contribution in [-0.4, -0.2) is 34.2 Å². The monoisotopic (exact) mass is 511 g/mol. The number of amides is 1. The van der Waals surface area contributed by atoms with E-state index in [1.807, 2.05) is 6.92 Å². The maximum absolute atomic E-state index is 13.4. The molecule has 0 bridgehead atoms. The largest absolute Gasteiger partial charge is 0.475 e. The van der Waals surface area contributed by atoms with Crippen LogP contribution in [-0.2, 0) is 26.0 Å². The van der Waals surface area contributed by atoms with Gasteiger partial charge in [0.1, 0.15) is 5.75 Å². The van der Waals surface area contributed by atoms with Gasteiger partial charge < -0.3 is 18.9 Å². The van der Waals surface area contributed by atoms with Gasteiger partial charge in [-0.05, 0) is 54.4 Å². The van der Waals surface area contributed by atoms with E-state index in [9.17, 15) is 18.0 Å². The topological polar surface area (TPSA) is 117 Å². The number of fused-ring (bicyclic) bond motifs is 1. The summed E-state index contributed by atoms with van der Waals surface area (Å²) in [5.41, 5.74) is 1.37. The zero-order valence-electron chi connectivity index (χ0n) is 19.7. The van der Waals surface area contributed by atoms with E-state index in [4.69, 9.17) is 18.9 Å². The van der Waals surface area contributed by atoms with Crippen LogP contribution in [0.25, 0.3) is 0 Å². The molecule has 0 spiro atoms. The van der Waals surface area contributed by atoms with Gasteiger partial charge in [-0.2, -0.15) is 0 Å². The number of methoxy groups -OCH3 is 1. The molecular formula is C26H25NO8S. The first-order valence-corrected chi connectivity index (χ1v) is 12.7. The minimum absolute atomic E-state index is 0.0362. The van der Waals surface area contributed by atoms with Crippen LogP contribution in [0.3, 0.4) is 0 Å². The summed E-state index contributed by atoms with van der Waals surface area (Å²) in [7, 11) is -2.86. The van der Waals surface area contributed by atoms with Gasteiger partial charge in [0.2, 0.25) is 12.9 Å². The van der Waals surface area contributed by atoms with Gasteiger partial charge in [-0.25, -0.2) is 17.9 Å². The Morgan fingerprint density at radius 3 is 2.47 bits per heavy atom. The van der Waals surface area contributed by atoms with Crippen molar-refractivity contribution >= 4 is 21.9 Å². The first-order chi connectivity index (χ1) is 17.3. The summed E-state index contributed by atoms with van der Waals surface area (Å²) in [4.78, 5) is 25.3. The van der Waals surface area contributed by atoms with Crippen molar-refractivity contribution in [3.05, 3.63) is 83.4 Å². The molecular weight excluding hydrogens is 486 g/mol. The second kappa shape index (κ2) is 10.7. The predicted octanol–water partition coefficient (Wildman–Crippen LogP) is 3.78. The summed E-state index contributed by atoms with van der Waals surface area (Å²) in [6.45, 7) is 2.00. The van der Waals surface area contributed by atoms with E-state index in [0.717, 1.165) is 6.42 Å². The molecule has 1 heterocycles. The Bertz CT molecular complexity index is 1370. The number of ether oxygens (including phenoxy) is 4. The molecule has 3 aromatic carbocycles. The van der Waals surface area contributed by atoms with Crippen LogP contribution in [0.1, 0.15) is 40.9 Å². The van der Waals surface area contributed by atoms with Crippen molar-refractivity contribution < 1.29 is 37.0 Å². The van der Waals surface area contributed by atoms with Crippen LogP contribution in [0.15, 0.2) is 71.6 Å². The van der Waals surface area contributed by atoms with Crippen molar-refractivity contribution in [3.63, 3.8) is 0 Å². The normalized spacial score (nSPS) is 13.1. The second-order valence-corrected chi connectivity index (χ2v) is 9.64. The minimum atomic E-state index is -4.15. The molecule has 0 radical (unpaired) electrons. The number of carbonyl (C=O) groups is 2. The Balaban J connectivity index is 1.71. The average Bonchev–Trinajstić information content (AvgIpc) is 3.36. The van der Waals surface area contributed by atoms with Crippen LogP contribution >= 0.6 is 0 Å². The van der Waals surface area contributed by atoms with Crippen molar-refractivity contribution in [1.29, 1.82) is 0 Å². The fourth-order valence-corrected chi connectivity index (χ4v) is 4.73. The molecule has 0 saturated heterocycles. The number of esters is 1. The Labute approximate surface area is 209 Å². The lowest BCUT2D eigenvalue weighted by Gasteiger charge is -2.21. The fraction of sp³-hybridized carbons (Fsp3) is 0.231. The smallest absolute Gasteiger partial charge is 0.337 e. The summed E-state index contributed by atoms with van der Waals surface area (Å²) in [6.07, 6.45) is -0.0556. The third kappa shape index (κ3) is 5.44. The number of aryl methyl sites for hydroxylation is 1. The predicted molar refractivity (Wildman–Crippen MR) is 129 cm³/mol. The highest BCUT2D eigenvalue weighted by Crippen LogP contribution is 2.36. The summed E-state index contributed by atoms with van der Waals surface area (Å²) in [5, 5.41) is 0. The maximum Gasteiger partial charge on any atom is 0.337 e. The minimum Gasteiger partial charge on any atom is -0.475 e. The maximum atomic E-state index is 13.4. The molecule has 0 fully saturated rings. The molecule has 1 amide bonds. The van der Waals surface area contributed by atoms with Gasteiger partial charge in [0.25, 0.3) is 15.9 Å². The Hall–Kier alpha value is -4.05. The summed E-state index contributed by atoms with van der Waals surface area (Å²) in [5.74, 6) is -0.145. The average molecular weight is 512 g/mol. The molecule has 1 aliphatic rings. The highest BCUT2D eigenvalue weighted by molar-refractivity contribution is 7.90. The molecule has 188 valence electrons. The number of hydrogen-bond donors (Lipinski definition) is 1. The molecule has 10 heteroatoms. The first-order valence-electron chi connectivity index (χ1n) is 11.2. The highest BCUT2D eigenvalue weighted by Gasteiger charge is 2.30. The molecule has 0 aromatic heterocycles. The molecule has 1 unspecified atom stereocenters. The van der Waals surface area contributed by atoms with Crippen LogP contribution in [0.4, 0.5) is 0 Å². The lowest BCUT2D eigenvalue weighted by Crippen LogP contribution is -2.37. The zero-order valence-corrected chi connectivity index (χ0v) is 20.5. The number of hydrogen-bond acceptors (Lipinski definition) is 8. The lowest BCUT2D eigenvalue weighted by molar-refractivity contribution is -0.126. The van der Waals surface area contributed by atoms with E-state index in [0.29, 0.717) is 40.4 Å². The highest BCUT2D eigenvalue weighted by atomic mass is 32.2. The third-order valence-corrected chi connectivity index (χ3v) is 6.83. The van der Waals surface area contributed by atoms with E-state index in [2.05, 4.69) is 4.72 Å². The summed E-state index contributed by atoms with van der Waals surface area (Å²) >= 11 is 0. The van der Waals surface area contributed by atoms with E-state index in [1.165, 1.54) is 25.3 Å². The van der Waals surface area contributed by atoms with Gasteiger partial charge in [-0.3, -0.25) is 4.79 Å². The molecule has 1 N–H and O–H groups in total. The van der Waals surface area contributed by atoms with Gasteiger partial charge >= 0.3 is 5.97 Å². The number of sulfonamides is 1. The number of nitrogens with one attached hydrogen (secondary N) is 1. The molecule has 36 heavy (non-hydrogen) atoms. The van der Waals surface area contributed by atoms with Crippen LogP contribution < -0.4 is 18.9 Å². The Kier molecular flexibility index (Phi) is 7.44. The van der Waals surface area contributed by atoms with Gasteiger partial charge in [-0.1, -0.05) is 37.6 Å².